The summed E-state index contributed by atoms with van der Waals surface area (Å²) in [4.78, 5) is 0. The van der Waals surface area contributed by atoms with Crippen LogP contribution in [0.3, 0.4) is 0 Å². The number of rotatable bonds is 3. The summed E-state index contributed by atoms with van der Waals surface area (Å²) in [6, 6.07) is 4.86. The first-order valence-electron chi connectivity index (χ1n) is 5.15. The van der Waals surface area contributed by atoms with Crippen LogP contribution in [0.5, 0.6) is 11.5 Å². The van der Waals surface area contributed by atoms with Crippen LogP contribution in [0.15, 0.2) is 18.2 Å². The van der Waals surface area contributed by atoms with E-state index in [2.05, 4.69) is 4.72 Å². The van der Waals surface area contributed by atoms with Gasteiger partial charge in [-0.25, -0.2) is 5.14 Å². The van der Waals surface area contributed by atoms with Crippen LogP contribution in [0, 0.1) is 0 Å². The lowest BCUT2D eigenvalue weighted by atomic mass is 10.1. The van der Waals surface area contributed by atoms with Crippen molar-refractivity contribution >= 4 is 10.2 Å². The Hall–Kier alpha value is -1.31. The Morgan fingerprint density at radius 2 is 1.94 bits per heavy atom. The van der Waals surface area contributed by atoms with Gasteiger partial charge in [-0.05, 0) is 24.6 Å². The number of ether oxygens (including phenoxy) is 2. The monoisotopic (exact) mass is 258 g/mol. The van der Waals surface area contributed by atoms with Crippen molar-refractivity contribution in [2.24, 2.45) is 5.14 Å². The minimum atomic E-state index is -3.71. The van der Waals surface area contributed by atoms with Gasteiger partial charge in [-0.2, -0.15) is 13.1 Å². The predicted molar refractivity (Wildman–Crippen MR) is 62.1 cm³/mol. The third-order valence-corrected chi connectivity index (χ3v) is 3.09. The molecule has 2 rings (SSSR count). The van der Waals surface area contributed by atoms with Crippen LogP contribution in [0.25, 0.3) is 0 Å². The highest BCUT2D eigenvalue weighted by Crippen LogP contribution is 2.32. The minimum Gasteiger partial charge on any atom is -0.486 e. The van der Waals surface area contributed by atoms with Crippen molar-refractivity contribution in [1.29, 1.82) is 0 Å². The fourth-order valence-corrected chi connectivity index (χ4v) is 2.27. The molecule has 0 aliphatic carbocycles. The topological polar surface area (TPSA) is 90.7 Å². The van der Waals surface area contributed by atoms with Crippen molar-refractivity contribution in [2.45, 2.75) is 13.0 Å². The first-order chi connectivity index (χ1) is 7.96. The lowest BCUT2D eigenvalue weighted by molar-refractivity contribution is 0.171. The molecule has 94 valence electrons. The highest BCUT2D eigenvalue weighted by molar-refractivity contribution is 7.87. The second-order valence-corrected chi connectivity index (χ2v) is 5.11. The van der Waals surface area contributed by atoms with Crippen LogP contribution in [0.1, 0.15) is 18.5 Å². The molecule has 0 bridgehead atoms. The van der Waals surface area contributed by atoms with Gasteiger partial charge >= 0.3 is 0 Å². The molecule has 1 aromatic rings. The molecule has 1 atom stereocenters. The molecule has 0 unspecified atom stereocenters. The third kappa shape index (κ3) is 3.09. The van der Waals surface area contributed by atoms with E-state index in [0.717, 1.165) is 5.56 Å². The Balaban J connectivity index is 2.22. The normalized spacial score (nSPS) is 16.6. The second-order valence-electron chi connectivity index (χ2n) is 3.79. The van der Waals surface area contributed by atoms with Gasteiger partial charge in [0.15, 0.2) is 11.5 Å². The van der Waals surface area contributed by atoms with Crippen LogP contribution in [-0.2, 0) is 10.2 Å². The van der Waals surface area contributed by atoms with Crippen molar-refractivity contribution in [3.05, 3.63) is 23.8 Å². The van der Waals surface area contributed by atoms with E-state index in [1.807, 2.05) is 0 Å². The SMILES string of the molecule is C[C@H](NS(N)(=O)=O)c1ccc2c(c1)OCCO2. The molecule has 1 heterocycles. The summed E-state index contributed by atoms with van der Waals surface area (Å²) in [6.45, 7) is 2.72. The number of nitrogens with two attached hydrogens (primary N) is 1. The van der Waals surface area contributed by atoms with Crippen molar-refractivity contribution in [1.82, 2.24) is 4.72 Å². The van der Waals surface area contributed by atoms with Crippen molar-refractivity contribution in [3.8, 4) is 11.5 Å². The Morgan fingerprint density at radius 1 is 1.29 bits per heavy atom. The van der Waals surface area contributed by atoms with Gasteiger partial charge in [-0.3, -0.25) is 0 Å². The smallest absolute Gasteiger partial charge is 0.274 e. The largest absolute Gasteiger partial charge is 0.486 e. The molecule has 7 heteroatoms. The molecule has 0 saturated heterocycles. The predicted octanol–water partition coefficient (Wildman–Crippen LogP) is 0.312. The van der Waals surface area contributed by atoms with Crippen molar-refractivity contribution < 1.29 is 17.9 Å². The minimum absolute atomic E-state index is 0.416. The van der Waals surface area contributed by atoms with Gasteiger partial charge in [0, 0.05) is 6.04 Å². The van der Waals surface area contributed by atoms with Crippen LogP contribution >= 0.6 is 0 Å². The zero-order valence-electron chi connectivity index (χ0n) is 9.34. The summed E-state index contributed by atoms with van der Waals surface area (Å²) in [5.74, 6) is 1.29. The average Bonchev–Trinajstić information content (AvgIpc) is 2.26. The molecular formula is C10H14N2O4S. The van der Waals surface area contributed by atoms with Gasteiger partial charge in [0.1, 0.15) is 13.2 Å². The molecule has 0 aromatic heterocycles. The highest BCUT2D eigenvalue weighted by Gasteiger charge is 2.16. The molecular weight excluding hydrogens is 244 g/mol. The van der Waals surface area contributed by atoms with Gasteiger partial charge in [0.2, 0.25) is 0 Å². The Bertz CT molecular complexity index is 515. The van der Waals surface area contributed by atoms with Crippen molar-refractivity contribution in [2.75, 3.05) is 13.2 Å². The molecule has 0 amide bonds. The fraction of sp³-hybridized carbons (Fsp3) is 0.400. The van der Waals surface area contributed by atoms with Gasteiger partial charge in [-0.1, -0.05) is 6.07 Å². The summed E-state index contributed by atoms with van der Waals surface area (Å²) < 4.78 is 34.9. The van der Waals surface area contributed by atoms with E-state index >= 15 is 0 Å². The molecule has 1 aliphatic heterocycles. The van der Waals surface area contributed by atoms with E-state index in [1.165, 1.54) is 0 Å². The van der Waals surface area contributed by atoms with Gasteiger partial charge in [-0.15, -0.1) is 0 Å². The molecule has 0 fully saturated rings. The zero-order valence-corrected chi connectivity index (χ0v) is 10.2. The zero-order chi connectivity index (χ0) is 12.5. The van der Waals surface area contributed by atoms with E-state index < -0.39 is 16.3 Å². The third-order valence-electron chi connectivity index (χ3n) is 2.41. The first kappa shape index (κ1) is 12.2. The molecule has 6 nitrogen and oxygen atoms in total. The Kier molecular flexibility index (Phi) is 3.23. The maximum atomic E-state index is 10.9. The van der Waals surface area contributed by atoms with Gasteiger partial charge in [0.25, 0.3) is 10.2 Å². The molecule has 1 aliphatic rings. The number of hydrogen-bond acceptors (Lipinski definition) is 4. The maximum Gasteiger partial charge on any atom is 0.274 e. The number of hydrogen-bond donors (Lipinski definition) is 2. The van der Waals surface area contributed by atoms with Crippen molar-refractivity contribution in [3.63, 3.8) is 0 Å². The summed E-state index contributed by atoms with van der Waals surface area (Å²) >= 11 is 0. The van der Waals surface area contributed by atoms with E-state index in [0.29, 0.717) is 24.7 Å². The van der Waals surface area contributed by atoms with Crippen LogP contribution in [-0.4, -0.2) is 21.6 Å². The summed E-state index contributed by atoms with van der Waals surface area (Å²) in [7, 11) is -3.71. The maximum absolute atomic E-state index is 10.9. The van der Waals surface area contributed by atoms with E-state index in [1.54, 1.807) is 25.1 Å². The standard InChI is InChI=1S/C10H14N2O4S/c1-7(12-17(11,13)14)8-2-3-9-10(6-8)16-5-4-15-9/h2-3,6-7,12H,4-5H2,1H3,(H2,11,13,14)/t7-/m0/s1. The molecule has 17 heavy (non-hydrogen) atoms. The van der Waals surface area contributed by atoms with Gasteiger partial charge < -0.3 is 9.47 Å². The van der Waals surface area contributed by atoms with Gasteiger partial charge in [0.05, 0.1) is 0 Å². The van der Waals surface area contributed by atoms with Crippen LogP contribution < -0.4 is 19.3 Å². The molecule has 0 radical (unpaired) electrons. The first-order valence-corrected chi connectivity index (χ1v) is 6.70. The Labute approximate surface area is 99.9 Å². The summed E-state index contributed by atoms with van der Waals surface area (Å²) in [5, 5.41) is 4.92. The summed E-state index contributed by atoms with van der Waals surface area (Å²) in [6.07, 6.45) is 0. The highest BCUT2D eigenvalue weighted by atomic mass is 32.2. The fourth-order valence-electron chi connectivity index (χ4n) is 1.64. The lowest BCUT2D eigenvalue weighted by Gasteiger charge is -2.20. The van der Waals surface area contributed by atoms with E-state index in [4.69, 9.17) is 14.6 Å². The van der Waals surface area contributed by atoms with Crippen LogP contribution in [0.4, 0.5) is 0 Å². The average molecular weight is 258 g/mol. The van der Waals surface area contributed by atoms with Crippen LogP contribution in [0.2, 0.25) is 0 Å². The van der Waals surface area contributed by atoms with E-state index in [-0.39, 0.29) is 0 Å². The van der Waals surface area contributed by atoms with E-state index in [9.17, 15) is 8.42 Å². The Morgan fingerprint density at radius 3 is 2.59 bits per heavy atom. The number of fused-ring (bicyclic) bond motifs is 1. The molecule has 3 N–H and O–H groups in total. The number of benzene rings is 1. The second kappa shape index (κ2) is 4.52. The molecule has 0 spiro atoms. The molecule has 0 saturated carbocycles. The lowest BCUT2D eigenvalue weighted by Crippen LogP contribution is -2.33. The molecule has 1 aromatic carbocycles. The summed E-state index contributed by atoms with van der Waals surface area (Å²) in [5.41, 5.74) is 0.767. The number of nitrogens with one attached hydrogen (secondary N) is 1. The quantitative estimate of drug-likeness (QED) is 0.816.